The van der Waals surface area contributed by atoms with Crippen molar-refractivity contribution < 1.29 is 4.79 Å². The van der Waals surface area contributed by atoms with E-state index in [9.17, 15) is 4.79 Å². The van der Waals surface area contributed by atoms with Gasteiger partial charge in [0, 0.05) is 36.0 Å². The summed E-state index contributed by atoms with van der Waals surface area (Å²) in [6, 6.07) is 10.9. The predicted molar refractivity (Wildman–Crippen MR) is 108 cm³/mol. The molecule has 4 aromatic rings. The third kappa shape index (κ3) is 4.41. The van der Waals surface area contributed by atoms with Crippen LogP contribution in [0.2, 0.25) is 0 Å². The molecule has 0 bridgehead atoms. The summed E-state index contributed by atoms with van der Waals surface area (Å²) in [7, 11) is 0. The third-order valence-electron chi connectivity index (χ3n) is 3.99. The van der Waals surface area contributed by atoms with E-state index in [0.717, 1.165) is 11.4 Å². The highest BCUT2D eigenvalue weighted by molar-refractivity contribution is 6.02. The molecule has 0 radical (unpaired) electrons. The fourth-order valence-corrected chi connectivity index (χ4v) is 2.63. The second-order valence-corrected chi connectivity index (χ2v) is 6.31. The number of aryl methyl sites for hydroxylation is 2. The van der Waals surface area contributed by atoms with Crippen LogP contribution in [0.5, 0.6) is 0 Å². The molecule has 4 rings (SSSR count). The Bertz CT molecular complexity index is 1120. The molecule has 0 fully saturated rings. The van der Waals surface area contributed by atoms with Crippen LogP contribution >= 0.6 is 0 Å². The average Bonchev–Trinajstić information content (AvgIpc) is 3.24. The number of hydrogen-bond donors (Lipinski definition) is 2. The zero-order valence-corrected chi connectivity index (χ0v) is 15.9. The van der Waals surface area contributed by atoms with Gasteiger partial charge in [0.2, 0.25) is 0 Å². The fraction of sp³-hybridized carbons (Fsp3) is 0.100. The maximum Gasteiger partial charge on any atom is 0.275 e. The summed E-state index contributed by atoms with van der Waals surface area (Å²) in [5.74, 6) is 1.64. The van der Waals surface area contributed by atoms with Crippen LogP contribution in [0.25, 0.3) is 5.82 Å². The maximum absolute atomic E-state index is 12.2. The maximum atomic E-state index is 12.2. The van der Waals surface area contributed by atoms with E-state index in [1.165, 1.54) is 6.20 Å². The minimum absolute atomic E-state index is 0.264. The summed E-state index contributed by atoms with van der Waals surface area (Å²) in [6.07, 6.45) is 6.53. The molecule has 29 heavy (non-hydrogen) atoms. The molecule has 9 heteroatoms. The molecular formula is C20H18N8O. The van der Waals surface area contributed by atoms with E-state index in [-0.39, 0.29) is 11.6 Å². The average molecular weight is 386 g/mol. The van der Waals surface area contributed by atoms with Gasteiger partial charge in [0.15, 0.2) is 5.82 Å². The first-order valence-corrected chi connectivity index (χ1v) is 8.89. The van der Waals surface area contributed by atoms with Crippen molar-refractivity contribution in [2.75, 3.05) is 10.6 Å². The Morgan fingerprint density at radius 3 is 2.48 bits per heavy atom. The molecule has 9 nitrogen and oxygen atoms in total. The van der Waals surface area contributed by atoms with Crippen molar-refractivity contribution in [1.29, 1.82) is 0 Å². The fourth-order valence-electron chi connectivity index (χ4n) is 2.63. The van der Waals surface area contributed by atoms with Gasteiger partial charge in [-0.3, -0.25) is 9.78 Å². The number of nitrogens with one attached hydrogen (secondary N) is 2. The first-order valence-electron chi connectivity index (χ1n) is 8.89. The monoisotopic (exact) mass is 386 g/mol. The number of rotatable bonds is 5. The Labute approximate surface area is 166 Å². The van der Waals surface area contributed by atoms with Gasteiger partial charge in [0.05, 0.1) is 11.9 Å². The van der Waals surface area contributed by atoms with Crippen LogP contribution in [0.3, 0.4) is 0 Å². The van der Waals surface area contributed by atoms with E-state index >= 15 is 0 Å². The first kappa shape index (κ1) is 18.2. The molecule has 3 heterocycles. The van der Waals surface area contributed by atoms with Crippen molar-refractivity contribution in [3.8, 4) is 5.82 Å². The Morgan fingerprint density at radius 2 is 1.79 bits per heavy atom. The van der Waals surface area contributed by atoms with Crippen LogP contribution < -0.4 is 10.6 Å². The minimum atomic E-state index is -0.312. The second-order valence-electron chi connectivity index (χ2n) is 6.31. The molecule has 2 N–H and O–H groups in total. The highest BCUT2D eigenvalue weighted by Crippen LogP contribution is 2.19. The van der Waals surface area contributed by atoms with E-state index in [1.54, 1.807) is 29.2 Å². The van der Waals surface area contributed by atoms with E-state index < -0.39 is 0 Å². The van der Waals surface area contributed by atoms with Gasteiger partial charge < -0.3 is 10.6 Å². The van der Waals surface area contributed by atoms with Crippen molar-refractivity contribution in [2.45, 2.75) is 13.8 Å². The number of aromatic nitrogens is 6. The highest BCUT2D eigenvalue weighted by atomic mass is 16.1. The molecule has 144 valence electrons. The number of carbonyl (C=O) groups is 1. The predicted octanol–water partition coefficient (Wildman–Crippen LogP) is 3.07. The van der Waals surface area contributed by atoms with Crippen molar-refractivity contribution in [3.05, 3.63) is 78.4 Å². The van der Waals surface area contributed by atoms with Crippen molar-refractivity contribution in [2.24, 2.45) is 0 Å². The summed E-state index contributed by atoms with van der Waals surface area (Å²) in [5, 5.41) is 10.2. The van der Waals surface area contributed by atoms with Crippen LogP contribution in [0.15, 0.2) is 61.2 Å². The van der Waals surface area contributed by atoms with Crippen molar-refractivity contribution in [1.82, 2.24) is 29.7 Å². The SMILES string of the molecule is Cc1cnc(C(=O)Nc2ccc(Nc3cc(-n4cccn4)nc(C)n3)cc2)cn1. The number of carbonyl (C=O) groups excluding carboxylic acids is 1. The standard InChI is InChI=1S/C20H18N8O/c1-13-11-22-17(12-21-13)20(29)27-16-6-4-15(5-7-16)26-18-10-19(25-14(2)24-18)28-9-3-8-23-28/h3-12H,1-2H3,(H,27,29)(H,24,25,26). The molecule has 0 saturated carbocycles. The Morgan fingerprint density at radius 1 is 1.00 bits per heavy atom. The Kier molecular flexibility index (Phi) is 4.93. The number of nitrogens with zero attached hydrogens (tertiary/aromatic N) is 6. The molecule has 0 aliphatic carbocycles. The number of hydrogen-bond acceptors (Lipinski definition) is 7. The van der Waals surface area contributed by atoms with E-state index in [0.29, 0.717) is 23.1 Å². The van der Waals surface area contributed by atoms with E-state index in [4.69, 9.17) is 0 Å². The molecule has 0 atom stereocenters. The lowest BCUT2D eigenvalue weighted by Gasteiger charge is -2.10. The highest BCUT2D eigenvalue weighted by Gasteiger charge is 2.09. The third-order valence-corrected chi connectivity index (χ3v) is 3.99. The van der Waals surface area contributed by atoms with Crippen LogP contribution in [-0.4, -0.2) is 35.6 Å². The topological polar surface area (TPSA) is 111 Å². The molecule has 0 saturated heterocycles. The van der Waals surface area contributed by atoms with Crippen molar-refractivity contribution in [3.63, 3.8) is 0 Å². The van der Waals surface area contributed by atoms with Crippen molar-refractivity contribution >= 4 is 23.1 Å². The molecular weight excluding hydrogens is 368 g/mol. The van der Waals surface area contributed by atoms with Crippen LogP contribution in [0.4, 0.5) is 17.2 Å². The lowest BCUT2D eigenvalue weighted by molar-refractivity contribution is 0.102. The molecule has 0 aliphatic rings. The summed E-state index contributed by atoms with van der Waals surface area (Å²) >= 11 is 0. The quantitative estimate of drug-likeness (QED) is 0.542. The van der Waals surface area contributed by atoms with Crippen LogP contribution in [0, 0.1) is 13.8 Å². The largest absolute Gasteiger partial charge is 0.340 e. The van der Waals surface area contributed by atoms with Gasteiger partial charge in [0.1, 0.15) is 17.3 Å². The van der Waals surface area contributed by atoms with Gasteiger partial charge in [-0.15, -0.1) is 0 Å². The van der Waals surface area contributed by atoms with Crippen LogP contribution in [0.1, 0.15) is 22.0 Å². The second kappa shape index (κ2) is 7.85. The minimum Gasteiger partial charge on any atom is -0.340 e. The lowest BCUT2D eigenvalue weighted by Crippen LogP contribution is -2.14. The molecule has 3 aromatic heterocycles. The van der Waals surface area contributed by atoms with Gasteiger partial charge in [0.25, 0.3) is 5.91 Å². The zero-order chi connectivity index (χ0) is 20.2. The number of benzene rings is 1. The normalized spacial score (nSPS) is 10.6. The van der Waals surface area contributed by atoms with E-state index in [2.05, 4.69) is 35.7 Å². The number of amides is 1. The summed E-state index contributed by atoms with van der Waals surface area (Å²) in [5.41, 5.74) is 2.50. The molecule has 1 aromatic carbocycles. The summed E-state index contributed by atoms with van der Waals surface area (Å²) < 4.78 is 1.67. The van der Waals surface area contributed by atoms with Gasteiger partial charge in [-0.2, -0.15) is 5.10 Å². The summed E-state index contributed by atoms with van der Waals surface area (Å²) in [6.45, 7) is 3.64. The number of anilines is 3. The molecule has 1 amide bonds. The molecule has 0 aliphatic heterocycles. The smallest absolute Gasteiger partial charge is 0.275 e. The van der Waals surface area contributed by atoms with E-state index in [1.807, 2.05) is 44.3 Å². The summed E-state index contributed by atoms with van der Waals surface area (Å²) in [4.78, 5) is 29.2. The lowest BCUT2D eigenvalue weighted by atomic mass is 10.2. The van der Waals surface area contributed by atoms with Crippen LogP contribution in [-0.2, 0) is 0 Å². The molecule has 0 spiro atoms. The Hall–Kier alpha value is -4.14. The van der Waals surface area contributed by atoms with Gasteiger partial charge >= 0.3 is 0 Å². The first-order chi connectivity index (χ1) is 14.1. The van der Waals surface area contributed by atoms with Gasteiger partial charge in [-0.1, -0.05) is 0 Å². The van der Waals surface area contributed by atoms with Gasteiger partial charge in [-0.05, 0) is 44.2 Å². The Balaban J connectivity index is 1.46. The van der Waals surface area contributed by atoms with Gasteiger partial charge in [-0.25, -0.2) is 19.6 Å². The zero-order valence-electron chi connectivity index (χ0n) is 15.9. The molecule has 0 unspecified atom stereocenters.